The Kier molecular flexibility index (Phi) is 5.28. The third-order valence-electron chi connectivity index (χ3n) is 4.67. The molecule has 1 aromatic carbocycles. The van der Waals surface area contributed by atoms with Crippen molar-refractivity contribution in [3.63, 3.8) is 0 Å². The number of anilines is 2. The van der Waals surface area contributed by atoms with Gasteiger partial charge < -0.3 is 10.2 Å². The summed E-state index contributed by atoms with van der Waals surface area (Å²) in [6.07, 6.45) is 4.15. The number of hydrogen-bond donors (Lipinski definition) is 1. The second-order valence-electron chi connectivity index (χ2n) is 6.99. The first-order valence-corrected chi connectivity index (χ1v) is 9.11. The second-order valence-corrected chi connectivity index (χ2v) is 7.39. The van der Waals surface area contributed by atoms with Crippen LogP contribution < -0.4 is 10.2 Å². The van der Waals surface area contributed by atoms with Gasteiger partial charge in [-0.1, -0.05) is 24.6 Å². The van der Waals surface area contributed by atoms with Gasteiger partial charge in [0, 0.05) is 25.0 Å². The van der Waals surface area contributed by atoms with E-state index in [0.717, 1.165) is 29.9 Å². The van der Waals surface area contributed by atoms with Gasteiger partial charge in [0.25, 0.3) is 5.91 Å². The standard InChI is InChI=1S/C20H24ClN3O/c1-13-5-4-8-24(12-13)16-6-7-22-18(11-16)20(25)23-19-15(3)9-14(2)10-17(19)21/h6-7,9-11,13H,4-5,8,12H2,1-3H3,(H,23,25). The molecule has 4 nitrogen and oxygen atoms in total. The number of carbonyl (C=O) groups excluding carboxylic acids is 1. The highest BCUT2D eigenvalue weighted by molar-refractivity contribution is 6.34. The van der Waals surface area contributed by atoms with Crippen molar-refractivity contribution in [1.82, 2.24) is 4.98 Å². The number of pyridine rings is 1. The molecule has 0 saturated carbocycles. The van der Waals surface area contributed by atoms with Gasteiger partial charge in [0.05, 0.1) is 10.7 Å². The second kappa shape index (κ2) is 7.44. The molecule has 1 amide bonds. The highest BCUT2D eigenvalue weighted by atomic mass is 35.5. The number of nitrogens with zero attached hydrogens (tertiary/aromatic N) is 2. The molecule has 0 radical (unpaired) electrons. The van der Waals surface area contributed by atoms with Crippen LogP contribution in [0.15, 0.2) is 30.5 Å². The van der Waals surface area contributed by atoms with Crippen LogP contribution >= 0.6 is 11.6 Å². The van der Waals surface area contributed by atoms with E-state index < -0.39 is 0 Å². The summed E-state index contributed by atoms with van der Waals surface area (Å²) in [5.41, 5.74) is 4.13. The van der Waals surface area contributed by atoms with Crippen molar-refractivity contribution in [1.29, 1.82) is 0 Å². The maximum atomic E-state index is 12.7. The zero-order valence-corrected chi connectivity index (χ0v) is 15.7. The molecule has 1 aliphatic rings. The average Bonchev–Trinajstić information content (AvgIpc) is 2.58. The molecule has 1 unspecified atom stereocenters. The van der Waals surface area contributed by atoms with Crippen molar-refractivity contribution >= 4 is 28.9 Å². The number of hydrogen-bond acceptors (Lipinski definition) is 3. The summed E-state index contributed by atoms with van der Waals surface area (Å²) in [6, 6.07) is 7.69. The molecule has 0 spiro atoms. The molecule has 1 saturated heterocycles. The molecule has 1 atom stereocenters. The Hall–Kier alpha value is -2.07. The van der Waals surface area contributed by atoms with Gasteiger partial charge in [-0.05, 0) is 61.9 Å². The van der Waals surface area contributed by atoms with Crippen molar-refractivity contribution in [3.05, 3.63) is 52.3 Å². The predicted octanol–water partition coefficient (Wildman–Crippen LogP) is 4.84. The van der Waals surface area contributed by atoms with Crippen LogP contribution in [-0.2, 0) is 0 Å². The Labute approximate surface area is 154 Å². The topological polar surface area (TPSA) is 45.2 Å². The quantitative estimate of drug-likeness (QED) is 0.854. The van der Waals surface area contributed by atoms with Crippen molar-refractivity contribution in [3.8, 4) is 0 Å². The summed E-state index contributed by atoms with van der Waals surface area (Å²) in [5, 5.41) is 3.46. The normalized spacial score (nSPS) is 17.4. The van der Waals surface area contributed by atoms with Crippen LogP contribution in [0.2, 0.25) is 5.02 Å². The third-order valence-corrected chi connectivity index (χ3v) is 4.97. The third kappa shape index (κ3) is 4.13. The number of amides is 1. The maximum absolute atomic E-state index is 12.7. The van der Waals surface area contributed by atoms with Crippen LogP contribution in [0, 0.1) is 19.8 Å². The van der Waals surface area contributed by atoms with E-state index in [-0.39, 0.29) is 5.91 Å². The summed E-state index contributed by atoms with van der Waals surface area (Å²) in [4.78, 5) is 19.2. The van der Waals surface area contributed by atoms with E-state index in [1.54, 1.807) is 6.20 Å². The Morgan fingerprint density at radius 3 is 2.84 bits per heavy atom. The lowest BCUT2D eigenvalue weighted by molar-refractivity contribution is 0.102. The Balaban J connectivity index is 1.80. The minimum Gasteiger partial charge on any atom is -0.371 e. The van der Waals surface area contributed by atoms with Crippen molar-refractivity contribution in [2.45, 2.75) is 33.6 Å². The van der Waals surface area contributed by atoms with Crippen LogP contribution in [-0.4, -0.2) is 24.0 Å². The molecule has 0 bridgehead atoms. The maximum Gasteiger partial charge on any atom is 0.274 e. The zero-order chi connectivity index (χ0) is 18.0. The summed E-state index contributed by atoms with van der Waals surface area (Å²) < 4.78 is 0. The monoisotopic (exact) mass is 357 g/mol. The van der Waals surface area contributed by atoms with Crippen LogP contribution in [0.1, 0.15) is 41.4 Å². The number of halogens is 1. The minimum absolute atomic E-state index is 0.235. The van der Waals surface area contributed by atoms with Gasteiger partial charge >= 0.3 is 0 Å². The molecule has 25 heavy (non-hydrogen) atoms. The van der Waals surface area contributed by atoms with Gasteiger partial charge in [0.2, 0.25) is 0 Å². The molecular formula is C20H24ClN3O. The minimum atomic E-state index is -0.235. The van der Waals surface area contributed by atoms with E-state index >= 15 is 0 Å². The fourth-order valence-electron chi connectivity index (χ4n) is 3.42. The van der Waals surface area contributed by atoms with E-state index in [4.69, 9.17) is 11.6 Å². The molecular weight excluding hydrogens is 334 g/mol. The number of rotatable bonds is 3. The van der Waals surface area contributed by atoms with E-state index in [0.29, 0.717) is 22.3 Å². The molecule has 2 aromatic rings. The van der Waals surface area contributed by atoms with Gasteiger partial charge in [-0.15, -0.1) is 0 Å². The Bertz CT molecular complexity index is 767. The smallest absolute Gasteiger partial charge is 0.274 e. The molecule has 1 fully saturated rings. The fraction of sp³-hybridized carbons (Fsp3) is 0.400. The van der Waals surface area contributed by atoms with E-state index in [1.165, 1.54) is 12.8 Å². The fourth-order valence-corrected chi connectivity index (χ4v) is 3.78. The first-order valence-electron chi connectivity index (χ1n) is 8.73. The number of piperidine rings is 1. The molecule has 0 aliphatic carbocycles. The van der Waals surface area contributed by atoms with Crippen LogP contribution in [0.4, 0.5) is 11.4 Å². The van der Waals surface area contributed by atoms with Crippen LogP contribution in [0.3, 0.4) is 0 Å². The number of aryl methyl sites for hydroxylation is 2. The molecule has 1 N–H and O–H groups in total. The van der Waals surface area contributed by atoms with E-state index in [1.807, 2.05) is 38.1 Å². The largest absolute Gasteiger partial charge is 0.371 e. The van der Waals surface area contributed by atoms with Crippen molar-refractivity contribution in [2.24, 2.45) is 5.92 Å². The van der Waals surface area contributed by atoms with Gasteiger partial charge in [-0.2, -0.15) is 0 Å². The van der Waals surface area contributed by atoms with Gasteiger partial charge in [0.15, 0.2) is 0 Å². The molecule has 132 valence electrons. The van der Waals surface area contributed by atoms with Crippen molar-refractivity contribution in [2.75, 3.05) is 23.3 Å². The van der Waals surface area contributed by atoms with Gasteiger partial charge in [-0.25, -0.2) is 0 Å². The SMILES string of the molecule is Cc1cc(C)c(NC(=O)c2cc(N3CCCC(C)C3)ccn2)c(Cl)c1. The van der Waals surface area contributed by atoms with Crippen LogP contribution in [0.25, 0.3) is 0 Å². The van der Waals surface area contributed by atoms with Crippen molar-refractivity contribution < 1.29 is 4.79 Å². The summed E-state index contributed by atoms with van der Waals surface area (Å²) >= 11 is 6.29. The number of carbonyl (C=O) groups is 1. The van der Waals surface area contributed by atoms with Gasteiger partial charge in [-0.3, -0.25) is 9.78 Å². The van der Waals surface area contributed by atoms with E-state index in [9.17, 15) is 4.79 Å². The molecule has 3 rings (SSSR count). The molecule has 1 aromatic heterocycles. The molecule has 2 heterocycles. The first kappa shape index (κ1) is 17.7. The predicted molar refractivity (Wildman–Crippen MR) is 104 cm³/mol. The number of nitrogens with one attached hydrogen (secondary N) is 1. The Morgan fingerprint density at radius 2 is 2.12 bits per heavy atom. The highest BCUT2D eigenvalue weighted by Gasteiger charge is 2.19. The summed E-state index contributed by atoms with van der Waals surface area (Å²) in [5.74, 6) is 0.439. The number of aromatic nitrogens is 1. The number of benzene rings is 1. The van der Waals surface area contributed by atoms with Gasteiger partial charge in [0.1, 0.15) is 5.69 Å². The first-order chi connectivity index (χ1) is 11.9. The van der Waals surface area contributed by atoms with E-state index in [2.05, 4.69) is 22.1 Å². The van der Waals surface area contributed by atoms with Crippen LogP contribution in [0.5, 0.6) is 0 Å². The molecule has 5 heteroatoms. The molecule has 1 aliphatic heterocycles. The summed E-state index contributed by atoms with van der Waals surface area (Å²) in [6.45, 7) is 8.23. The lowest BCUT2D eigenvalue weighted by Gasteiger charge is -2.32. The average molecular weight is 358 g/mol. The zero-order valence-electron chi connectivity index (χ0n) is 15.0. The Morgan fingerprint density at radius 1 is 1.32 bits per heavy atom. The highest BCUT2D eigenvalue weighted by Crippen LogP contribution is 2.28. The summed E-state index contributed by atoms with van der Waals surface area (Å²) in [7, 11) is 0. The lowest BCUT2D eigenvalue weighted by Crippen LogP contribution is -2.34. The lowest BCUT2D eigenvalue weighted by atomic mass is 10.00.